The van der Waals surface area contributed by atoms with Crippen molar-refractivity contribution >= 4 is 12.1 Å². The molecule has 0 radical (unpaired) electrons. The fourth-order valence-corrected chi connectivity index (χ4v) is 1.55. The van der Waals surface area contributed by atoms with Crippen LogP contribution in [0.2, 0.25) is 0 Å². The van der Waals surface area contributed by atoms with Crippen LogP contribution in [0, 0.1) is 5.92 Å². The van der Waals surface area contributed by atoms with E-state index < -0.39 is 18.1 Å². The summed E-state index contributed by atoms with van der Waals surface area (Å²) in [5.74, 6) is -0.952. The summed E-state index contributed by atoms with van der Waals surface area (Å²) < 4.78 is 4.96. The second kappa shape index (κ2) is 5.00. The number of aliphatic carboxylic acids is 1. The van der Waals surface area contributed by atoms with Gasteiger partial charge in [-0.15, -0.1) is 0 Å². The second-order valence-electron chi connectivity index (χ2n) is 4.14. The lowest BCUT2D eigenvalue weighted by molar-refractivity contribution is -0.310. The van der Waals surface area contributed by atoms with Crippen molar-refractivity contribution in [2.24, 2.45) is 5.92 Å². The van der Waals surface area contributed by atoms with E-state index in [4.69, 9.17) is 4.74 Å². The molecule has 1 aliphatic rings. The fraction of sp³-hybridized carbons (Fsp3) is 0.800. The molecular formula is C10H16NO4-. The van der Waals surface area contributed by atoms with Crippen molar-refractivity contribution in [3.05, 3.63) is 0 Å². The van der Waals surface area contributed by atoms with Gasteiger partial charge in [0.25, 0.3) is 0 Å². The molecule has 1 saturated heterocycles. The first-order valence-corrected chi connectivity index (χ1v) is 5.16. The molecule has 1 unspecified atom stereocenters. The number of ether oxygens (including phenoxy) is 1. The van der Waals surface area contributed by atoms with Crippen LogP contribution in [0.5, 0.6) is 0 Å². The molecule has 1 fully saturated rings. The van der Waals surface area contributed by atoms with Crippen LogP contribution in [-0.4, -0.2) is 36.2 Å². The van der Waals surface area contributed by atoms with E-state index in [0.29, 0.717) is 26.0 Å². The van der Waals surface area contributed by atoms with E-state index in [1.165, 1.54) is 4.90 Å². The smallest absolute Gasteiger partial charge is 0.410 e. The number of carboxylic acids is 1. The van der Waals surface area contributed by atoms with E-state index in [-0.39, 0.29) is 5.92 Å². The minimum atomic E-state index is -1.20. The average Bonchev–Trinajstić information content (AvgIpc) is 2.62. The van der Waals surface area contributed by atoms with Gasteiger partial charge in [0, 0.05) is 6.54 Å². The Kier molecular flexibility index (Phi) is 3.94. The Labute approximate surface area is 89.0 Å². The van der Waals surface area contributed by atoms with E-state index in [0.717, 1.165) is 0 Å². The third-order valence-corrected chi connectivity index (χ3v) is 2.30. The molecule has 0 spiro atoms. The van der Waals surface area contributed by atoms with Crippen LogP contribution in [0.3, 0.4) is 0 Å². The average molecular weight is 214 g/mol. The van der Waals surface area contributed by atoms with Crippen molar-refractivity contribution in [2.45, 2.75) is 32.7 Å². The summed E-state index contributed by atoms with van der Waals surface area (Å²) in [7, 11) is 0. The van der Waals surface area contributed by atoms with Gasteiger partial charge in [-0.3, -0.25) is 4.90 Å². The van der Waals surface area contributed by atoms with Crippen molar-refractivity contribution in [2.75, 3.05) is 13.2 Å². The van der Waals surface area contributed by atoms with Crippen molar-refractivity contribution in [3.8, 4) is 0 Å². The SMILES string of the molecule is CC(C)COC(=O)N1CCCC1C(=O)[O-]. The van der Waals surface area contributed by atoms with Gasteiger partial charge in [0.15, 0.2) is 0 Å². The molecule has 0 aliphatic carbocycles. The maximum atomic E-state index is 11.5. The monoisotopic (exact) mass is 214 g/mol. The maximum Gasteiger partial charge on any atom is 0.410 e. The standard InChI is InChI=1S/C10H17NO4/c1-7(2)6-15-10(14)11-5-3-4-8(11)9(12)13/h7-8H,3-6H2,1-2H3,(H,12,13)/p-1. The lowest BCUT2D eigenvalue weighted by Gasteiger charge is -2.24. The predicted molar refractivity (Wildman–Crippen MR) is 50.9 cm³/mol. The molecule has 1 rings (SSSR count). The Hall–Kier alpha value is -1.26. The molecule has 86 valence electrons. The number of likely N-dealkylation sites (tertiary alicyclic amines) is 1. The van der Waals surface area contributed by atoms with E-state index in [1.807, 2.05) is 13.8 Å². The number of rotatable bonds is 3. The zero-order valence-electron chi connectivity index (χ0n) is 9.06. The first-order chi connectivity index (χ1) is 7.02. The molecule has 1 aliphatic heterocycles. The van der Waals surface area contributed by atoms with Crippen molar-refractivity contribution < 1.29 is 19.4 Å². The van der Waals surface area contributed by atoms with Crippen LogP contribution >= 0.6 is 0 Å². The van der Waals surface area contributed by atoms with Crippen LogP contribution in [0.15, 0.2) is 0 Å². The number of carbonyl (C=O) groups is 2. The van der Waals surface area contributed by atoms with Crippen LogP contribution < -0.4 is 5.11 Å². The van der Waals surface area contributed by atoms with Gasteiger partial charge < -0.3 is 14.6 Å². The molecule has 0 N–H and O–H groups in total. The quantitative estimate of drug-likeness (QED) is 0.662. The fourth-order valence-electron chi connectivity index (χ4n) is 1.55. The van der Waals surface area contributed by atoms with Crippen molar-refractivity contribution in [1.82, 2.24) is 4.90 Å². The summed E-state index contributed by atoms with van der Waals surface area (Å²) >= 11 is 0. The Balaban J connectivity index is 2.47. The Morgan fingerprint density at radius 1 is 1.53 bits per heavy atom. The first-order valence-electron chi connectivity index (χ1n) is 5.16. The minimum Gasteiger partial charge on any atom is -0.548 e. The number of nitrogens with zero attached hydrogens (tertiary/aromatic N) is 1. The molecule has 0 aromatic carbocycles. The summed E-state index contributed by atoms with van der Waals surface area (Å²) in [5.41, 5.74) is 0. The van der Waals surface area contributed by atoms with Gasteiger partial charge in [0.05, 0.1) is 18.6 Å². The lowest BCUT2D eigenvalue weighted by atomic mass is 10.2. The van der Waals surface area contributed by atoms with E-state index >= 15 is 0 Å². The normalized spacial score (nSPS) is 20.7. The van der Waals surface area contributed by atoms with Crippen molar-refractivity contribution in [3.63, 3.8) is 0 Å². The molecule has 1 atom stereocenters. The lowest BCUT2D eigenvalue weighted by Crippen LogP contribution is -2.47. The van der Waals surface area contributed by atoms with Gasteiger partial charge in [-0.05, 0) is 18.8 Å². The highest BCUT2D eigenvalue weighted by Gasteiger charge is 2.30. The molecule has 0 aromatic rings. The Morgan fingerprint density at radius 2 is 2.20 bits per heavy atom. The largest absolute Gasteiger partial charge is 0.548 e. The number of hydrogen-bond donors (Lipinski definition) is 0. The highest BCUT2D eigenvalue weighted by molar-refractivity contribution is 5.79. The molecule has 15 heavy (non-hydrogen) atoms. The number of hydrogen-bond acceptors (Lipinski definition) is 4. The second-order valence-corrected chi connectivity index (χ2v) is 4.14. The summed E-state index contributed by atoms with van der Waals surface area (Å²) in [6.07, 6.45) is 0.601. The van der Waals surface area contributed by atoms with Crippen LogP contribution in [0.1, 0.15) is 26.7 Å². The summed E-state index contributed by atoms with van der Waals surface area (Å²) in [5, 5.41) is 10.7. The van der Waals surface area contributed by atoms with Gasteiger partial charge in [-0.2, -0.15) is 0 Å². The Morgan fingerprint density at radius 3 is 2.73 bits per heavy atom. The number of amides is 1. The Bertz CT molecular complexity index is 252. The summed E-state index contributed by atoms with van der Waals surface area (Å²) in [4.78, 5) is 23.4. The zero-order valence-corrected chi connectivity index (χ0v) is 9.06. The molecule has 0 bridgehead atoms. The number of carboxylic acid groups (broad SMARTS) is 1. The molecular weight excluding hydrogens is 198 g/mol. The van der Waals surface area contributed by atoms with Crippen LogP contribution in [0.4, 0.5) is 4.79 Å². The zero-order chi connectivity index (χ0) is 11.4. The minimum absolute atomic E-state index is 0.248. The van der Waals surface area contributed by atoms with Crippen LogP contribution in [-0.2, 0) is 9.53 Å². The highest BCUT2D eigenvalue weighted by atomic mass is 16.6. The van der Waals surface area contributed by atoms with Crippen LogP contribution in [0.25, 0.3) is 0 Å². The molecule has 0 saturated carbocycles. The predicted octanol–water partition coefficient (Wildman–Crippen LogP) is -0.00670. The van der Waals surface area contributed by atoms with E-state index in [1.54, 1.807) is 0 Å². The third kappa shape index (κ3) is 3.11. The molecule has 1 amide bonds. The van der Waals surface area contributed by atoms with E-state index in [2.05, 4.69) is 0 Å². The maximum absolute atomic E-state index is 11.5. The third-order valence-electron chi connectivity index (χ3n) is 2.30. The van der Waals surface area contributed by atoms with Gasteiger partial charge in [-0.1, -0.05) is 13.8 Å². The summed E-state index contributed by atoms with van der Waals surface area (Å²) in [6.45, 7) is 4.60. The molecule has 5 heteroatoms. The highest BCUT2D eigenvalue weighted by Crippen LogP contribution is 2.17. The van der Waals surface area contributed by atoms with Gasteiger partial charge in [0.2, 0.25) is 0 Å². The van der Waals surface area contributed by atoms with Gasteiger partial charge in [-0.25, -0.2) is 4.79 Å². The van der Waals surface area contributed by atoms with Gasteiger partial charge >= 0.3 is 6.09 Å². The first kappa shape index (κ1) is 11.8. The van der Waals surface area contributed by atoms with E-state index in [9.17, 15) is 14.7 Å². The summed E-state index contributed by atoms with van der Waals surface area (Å²) in [6, 6.07) is -0.815. The topological polar surface area (TPSA) is 69.7 Å². The number of carbonyl (C=O) groups excluding carboxylic acids is 2. The molecule has 0 aromatic heterocycles. The van der Waals surface area contributed by atoms with Crippen molar-refractivity contribution in [1.29, 1.82) is 0 Å². The molecule has 5 nitrogen and oxygen atoms in total. The molecule has 1 heterocycles. The van der Waals surface area contributed by atoms with Gasteiger partial charge in [0.1, 0.15) is 0 Å².